The maximum absolute atomic E-state index is 5.27. The number of thioether (sulfide) groups is 1. The zero-order valence-corrected chi connectivity index (χ0v) is 12.1. The lowest BCUT2D eigenvalue weighted by Crippen LogP contribution is -2.28. The molecule has 0 spiro atoms. The highest BCUT2D eigenvalue weighted by atomic mass is 32.2. The molecule has 2 rings (SSSR count). The van der Waals surface area contributed by atoms with Crippen LogP contribution in [0.25, 0.3) is 0 Å². The van der Waals surface area contributed by atoms with Gasteiger partial charge < -0.3 is 10.1 Å². The molecule has 1 heterocycles. The SMILES string of the molecule is COc1cccc(C(C)NCC2CCSCC2)c1. The van der Waals surface area contributed by atoms with Crippen LogP contribution < -0.4 is 10.1 Å². The third-order valence-electron chi connectivity index (χ3n) is 3.65. The highest BCUT2D eigenvalue weighted by molar-refractivity contribution is 7.99. The molecule has 3 heteroatoms. The lowest BCUT2D eigenvalue weighted by Gasteiger charge is -2.24. The molecule has 18 heavy (non-hydrogen) atoms. The minimum Gasteiger partial charge on any atom is -0.497 e. The van der Waals surface area contributed by atoms with Gasteiger partial charge in [-0.05, 0) is 61.4 Å². The van der Waals surface area contributed by atoms with E-state index < -0.39 is 0 Å². The van der Waals surface area contributed by atoms with E-state index in [9.17, 15) is 0 Å². The summed E-state index contributed by atoms with van der Waals surface area (Å²) >= 11 is 2.09. The fraction of sp³-hybridized carbons (Fsp3) is 0.600. The average Bonchev–Trinajstić information content (AvgIpc) is 2.46. The third kappa shape index (κ3) is 3.92. The molecule has 1 aliphatic heterocycles. The molecular formula is C15H23NOS. The smallest absolute Gasteiger partial charge is 0.119 e. The van der Waals surface area contributed by atoms with Crippen molar-refractivity contribution in [1.29, 1.82) is 0 Å². The van der Waals surface area contributed by atoms with Gasteiger partial charge in [0.15, 0.2) is 0 Å². The molecule has 2 nitrogen and oxygen atoms in total. The predicted octanol–water partition coefficient (Wildman–Crippen LogP) is 3.49. The van der Waals surface area contributed by atoms with Gasteiger partial charge in [0.25, 0.3) is 0 Å². The fourth-order valence-electron chi connectivity index (χ4n) is 2.32. The lowest BCUT2D eigenvalue weighted by molar-refractivity contribution is 0.408. The maximum Gasteiger partial charge on any atom is 0.119 e. The minimum absolute atomic E-state index is 0.398. The second-order valence-corrected chi connectivity index (χ2v) is 6.19. The Hall–Kier alpha value is -0.670. The van der Waals surface area contributed by atoms with Gasteiger partial charge >= 0.3 is 0 Å². The van der Waals surface area contributed by atoms with Crippen molar-refractivity contribution in [3.63, 3.8) is 0 Å². The van der Waals surface area contributed by atoms with Crippen molar-refractivity contribution in [1.82, 2.24) is 5.32 Å². The molecular weight excluding hydrogens is 242 g/mol. The summed E-state index contributed by atoms with van der Waals surface area (Å²) in [4.78, 5) is 0. The standard InChI is InChI=1S/C15H23NOS/c1-12(14-4-3-5-15(10-14)17-2)16-11-13-6-8-18-9-7-13/h3-5,10,12-13,16H,6-9,11H2,1-2H3. The van der Waals surface area contributed by atoms with Crippen molar-refractivity contribution < 1.29 is 4.74 Å². The van der Waals surface area contributed by atoms with Crippen LogP contribution in [0.3, 0.4) is 0 Å². The van der Waals surface area contributed by atoms with Gasteiger partial charge in [-0.15, -0.1) is 0 Å². The fourth-order valence-corrected chi connectivity index (χ4v) is 3.53. The quantitative estimate of drug-likeness (QED) is 0.880. The van der Waals surface area contributed by atoms with E-state index in [1.807, 2.05) is 6.07 Å². The Morgan fingerprint density at radius 3 is 2.89 bits per heavy atom. The molecule has 0 aromatic heterocycles. The van der Waals surface area contributed by atoms with E-state index >= 15 is 0 Å². The van der Waals surface area contributed by atoms with Gasteiger partial charge in [-0.1, -0.05) is 12.1 Å². The first-order chi connectivity index (χ1) is 8.79. The molecule has 1 aromatic carbocycles. The van der Waals surface area contributed by atoms with E-state index in [-0.39, 0.29) is 0 Å². The molecule has 0 radical (unpaired) electrons. The molecule has 1 N–H and O–H groups in total. The lowest BCUT2D eigenvalue weighted by atomic mass is 10.0. The van der Waals surface area contributed by atoms with Crippen molar-refractivity contribution in [2.75, 3.05) is 25.2 Å². The van der Waals surface area contributed by atoms with Crippen LogP contribution in [0.4, 0.5) is 0 Å². The van der Waals surface area contributed by atoms with Crippen molar-refractivity contribution in [2.24, 2.45) is 5.92 Å². The molecule has 1 aromatic rings. The number of methoxy groups -OCH3 is 1. The van der Waals surface area contributed by atoms with Crippen LogP contribution in [0.2, 0.25) is 0 Å². The predicted molar refractivity (Wildman–Crippen MR) is 79.5 cm³/mol. The number of ether oxygens (including phenoxy) is 1. The summed E-state index contributed by atoms with van der Waals surface area (Å²) in [6.07, 6.45) is 2.73. The van der Waals surface area contributed by atoms with E-state index in [1.165, 1.54) is 29.9 Å². The van der Waals surface area contributed by atoms with Crippen LogP contribution in [0.15, 0.2) is 24.3 Å². The molecule has 0 saturated carbocycles. The Morgan fingerprint density at radius 2 is 2.17 bits per heavy atom. The van der Waals surface area contributed by atoms with E-state index in [4.69, 9.17) is 4.74 Å². The monoisotopic (exact) mass is 265 g/mol. The Kier molecular flexibility index (Phi) is 5.39. The third-order valence-corrected chi connectivity index (χ3v) is 4.70. The molecule has 0 bridgehead atoms. The number of rotatable bonds is 5. The highest BCUT2D eigenvalue weighted by Gasteiger charge is 2.15. The van der Waals surface area contributed by atoms with E-state index in [1.54, 1.807) is 7.11 Å². The summed E-state index contributed by atoms with van der Waals surface area (Å²) in [6, 6.07) is 8.73. The van der Waals surface area contributed by atoms with E-state index in [2.05, 4.69) is 42.2 Å². The Balaban J connectivity index is 1.84. The second-order valence-electron chi connectivity index (χ2n) is 4.96. The Morgan fingerprint density at radius 1 is 1.39 bits per heavy atom. The number of nitrogens with one attached hydrogen (secondary N) is 1. The molecule has 0 aliphatic carbocycles. The zero-order valence-electron chi connectivity index (χ0n) is 11.3. The first-order valence-electron chi connectivity index (χ1n) is 6.74. The van der Waals surface area contributed by atoms with Crippen molar-refractivity contribution in [3.05, 3.63) is 29.8 Å². The van der Waals surface area contributed by atoms with Crippen molar-refractivity contribution >= 4 is 11.8 Å². The first-order valence-corrected chi connectivity index (χ1v) is 7.90. The molecule has 100 valence electrons. The van der Waals surface area contributed by atoms with Crippen LogP contribution in [0.1, 0.15) is 31.4 Å². The zero-order chi connectivity index (χ0) is 12.8. The van der Waals surface area contributed by atoms with Gasteiger partial charge in [0.05, 0.1) is 7.11 Å². The van der Waals surface area contributed by atoms with Gasteiger partial charge in [-0.3, -0.25) is 0 Å². The van der Waals surface area contributed by atoms with Gasteiger partial charge in [-0.2, -0.15) is 11.8 Å². The maximum atomic E-state index is 5.27. The number of hydrogen-bond donors (Lipinski definition) is 1. The summed E-state index contributed by atoms with van der Waals surface area (Å²) < 4.78 is 5.27. The Bertz CT molecular complexity index is 363. The van der Waals surface area contributed by atoms with Crippen LogP contribution in [-0.4, -0.2) is 25.2 Å². The highest BCUT2D eigenvalue weighted by Crippen LogP contribution is 2.23. The number of hydrogen-bond acceptors (Lipinski definition) is 3. The topological polar surface area (TPSA) is 21.3 Å². The van der Waals surface area contributed by atoms with Crippen LogP contribution >= 0.6 is 11.8 Å². The Labute approximate surface area is 114 Å². The molecule has 1 fully saturated rings. The molecule has 1 atom stereocenters. The van der Waals surface area contributed by atoms with Gasteiger partial charge in [-0.25, -0.2) is 0 Å². The van der Waals surface area contributed by atoms with Gasteiger partial charge in [0, 0.05) is 6.04 Å². The molecule has 1 aliphatic rings. The molecule has 1 unspecified atom stereocenters. The second kappa shape index (κ2) is 7.05. The van der Waals surface area contributed by atoms with Crippen LogP contribution in [0, 0.1) is 5.92 Å². The summed E-state index contributed by atoms with van der Waals surface area (Å²) in [5.74, 6) is 4.47. The summed E-state index contributed by atoms with van der Waals surface area (Å²) in [7, 11) is 1.72. The van der Waals surface area contributed by atoms with Crippen LogP contribution in [-0.2, 0) is 0 Å². The largest absolute Gasteiger partial charge is 0.497 e. The summed E-state index contributed by atoms with van der Waals surface area (Å²) in [6.45, 7) is 3.37. The first kappa shape index (κ1) is 13.8. The van der Waals surface area contributed by atoms with Gasteiger partial charge in [0.1, 0.15) is 5.75 Å². The van der Waals surface area contributed by atoms with E-state index in [0.29, 0.717) is 6.04 Å². The number of benzene rings is 1. The summed E-state index contributed by atoms with van der Waals surface area (Å²) in [5.41, 5.74) is 1.31. The van der Waals surface area contributed by atoms with Crippen molar-refractivity contribution in [3.8, 4) is 5.75 Å². The molecule has 1 saturated heterocycles. The van der Waals surface area contributed by atoms with Gasteiger partial charge in [0.2, 0.25) is 0 Å². The van der Waals surface area contributed by atoms with Crippen LogP contribution in [0.5, 0.6) is 5.75 Å². The molecule has 0 amide bonds. The van der Waals surface area contributed by atoms with E-state index in [0.717, 1.165) is 18.2 Å². The van der Waals surface area contributed by atoms with Crippen molar-refractivity contribution in [2.45, 2.75) is 25.8 Å². The normalized spacial score (nSPS) is 18.6. The minimum atomic E-state index is 0.398. The summed E-state index contributed by atoms with van der Waals surface area (Å²) in [5, 5.41) is 3.66. The average molecular weight is 265 g/mol.